The van der Waals surface area contributed by atoms with Gasteiger partial charge in [0.2, 0.25) is 0 Å². The van der Waals surface area contributed by atoms with E-state index in [2.05, 4.69) is 18.3 Å². The van der Waals surface area contributed by atoms with Crippen molar-refractivity contribution in [1.29, 1.82) is 5.26 Å². The molecular formula is C15H20N2. The lowest BCUT2D eigenvalue weighted by atomic mass is 9.84. The highest BCUT2D eigenvalue weighted by atomic mass is 14.9. The van der Waals surface area contributed by atoms with E-state index in [9.17, 15) is 0 Å². The molecule has 1 aliphatic carbocycles. The fraction of sp³-hybridized carbons (Fsp3) is 0.533. The zero-order chi connectivity index (χ0) is 12.1. The summed E-state index contributed by atoms with van der Waals surface area (Å²) < 4.78 is 0. The van der Waals surface area contributed by atoms with Crippen molar-refractivity contribution < 1.29 is 0 Å². The Morgan fingerprint density at radius 3 is 2.65 bits per heavy atom. The van der Waals surface area contributed by atoms with E-state index in [0.29, 0.717) is 6.04 Å². The number of nitrogens with zero attached hydrogens (tertiary/aromatic N) is 1. The molecule has 0 saturated heterocycles. The number of anilines is 1. The Kier molecular flexibility index (Phi) is 4.03. The van der Waals surface area contributed by atoms with Gasteiger partial charge in [-0.2, -0.15) is 5.26 Å². The predicted molar refractivity (Wildman–Crippen MR) is 70.8 cm³/mol. The molecule has 1 N–H and O–H groups in total. The van der Waals surface area contributed by atoms with E-state index < -0.39 is 0 Å². The Balaban J connectivity index is 2.02. The largest absolute Gasteiger partial charge is 0.381 e. The van der Waals surface area contributed by atoms with Crippen LogP contribution in [-0.2, 0) is 0 Å². The van der Waals surface area contributed by atoms with Gasteiger partial charge in [-0.25, -0.2) is 0 Å². The summed E-state index contributed by atoms with van der Waals surface area (Å²) in [7, 11) is 0. The summed E-state index contributed by atoms with van der Waals surface area (Å²) in [6, 6.07) is 10.5. The Bertz CT molecular complexity index is 400. The standard InChI is InChI=1S/C15H20N2/c1-12(13-7-3-2-4-8-13)17-15-10-6-5-9-14(15)11-16/h5-6,9-10,12-13,17H,2-4,7-8H2,1H3. The Morgan fingerprint density at radius 1 is 1.24 bits per heavy atom. The third-order valence-electron chi connectivity index (χ3n) is 3.79. The van der Waals surface area contributed by atoms with Crippen LogP contribution in [0.1, 0.15) is 44.6 Å². The molecule has 1 unspecified atom stereocenters. The minimum absolute atomic E-state index is 0.463. The smallest absolute Gasteiger partial charge is 0.101 e. The van der Waals surface area contributed by atoms with E-state index in [4.69, 9.17) is 5.26 Å². The number of nitriles is 1. The van der Waals surface area contributed by atoms with Gasteiger partial charge in [-0.1, -0.05) is 31.4 Å². The topological polar surface area (TPSA) is 35.8 Å². The van der Waals surface area contributed by atoms with Crippen LogP contribution in [0.3, 0.4) is 0 Å². The molecule has 1 atom stereocenters. The van der Waals surface area contributed by atoms with Crippen molar-refractivity contribution in [2.75, 3.05) is 5.32 Å². The molecule has 1 fully saturated rings. The normalized spacial score (nSPS) is 18.4. The number of hydrogen-bond donors (Lipinski definition) is 1. The fourth-order valence-corrected chi connectivity index (χ4v) is 2.70. The van der Waals surface area contributed by atoms with Gasteiger partial charge >= 0.3 is 0 Å². The summed E-state index contributed by atoms with van der Waals surface area (Å²) in [4.78, 5) is 0. The summed E-state index contributed by atoms with van der Waals surface area (Å²) in [5.41, 5.74) is 1.73. The van der Waals surface area contributed by atoms with Crippen molar-refractivity contribution in [2.45, 2.75) is 45.1 Å². The number of hydrogen-bond acceptors (Lipinski definition) is 2. The van der Waals surface area contributed by atoms with Crippen LogP contribution in [0.15, 0.2) is 24.3 Å². The van der Waals surface area contributed by atoms with Crippen LogP contribution in [0.5, 0.6) is 0 Å². The third kappa shape index (κ3) is 3.00. The van der Waals surface area contributed by atoms with Crippen molar-refractivity contribution in [3.05, 3.63) is 29.8 Å². The zero-order valence-electron chi connectivity index (χ0n) is 10.4. The Labute approximate surface area is 104 Å². The molecule has 1 aromatic carbocycles. The summed E-state index contributed by atoms with van der Waals surface area (Å²) in [5.74, 6) is 0.760. The quantitative estimate of drug-likeness (QED) is 0.850. The van der Waals surface area contributed by atoms with Crippen LogP contribution in [0, 0.1) is 17.2 Å². The monoisotopic (exact) mass is 228 g/mol. The first-order valence-corrected chi connectivity index (χ1v) is 6.57. The van der Waals surface area contributed by atoms with E-state index in [0.717, 1.165) is 17.2 Å². The first kappa shape index (κ1) is 12.0. The summed E-state index contributed by atoms with van der Waals surface area (Å²) >= 11 is 0. The van der Waals surface area contributed by atoms with Gasteiger partial charge in [-0.05, 0) is 37.8 Å². The average molecular weight is 228 g/mol. The first-order chi connectivity index (χ1) is 8.31. The number of rotatable bonds is 3. The predicted octanol–water partition coefficient (Wildman–Crippen LogP) is 3.94. The average Bonchev–Trinajstić information content (AvgIpc) is 2.40. The van der Waals surface area contributed by atoms with E-state index >= 15 is 0 Å². The van der Waals surface area contributed by atoms with Crippen molar-refractivity contribution in [3.63, 3.8) is 0 Å². The molecule has 2 rings (SSSR count). The highest BCUT2D eigenvalue weighted by Gasteiger charge is 2.20. The molecule has 1 aromatic rings. The molecule has 0 aromatic heterocycles. The Hall–Kier alpha value is -1.49. The van der Waals surface area contributed by atoms with Crippen molar-refractivity contribution >= 4 is 5.69 Å². The van der Waals surface area contributed by atoms with Crippen LogP contribution < -0.4 is 5.32 Å². The van der Waals surface area contributed by atoms with Gasteiger partial charge < -0.3 is 5.32 Å². The van der Waals surface area contributed by atoms with Crippen LogP contribution in [0.2, 0.25) is 0 Å². The number of benzene rings is 1. The lowest BCUT2D eigenvalue weighted by Gasteiger charge is -2.29. The molecule has 0 heterocycles. The van der Waals surface area contributed by atoms with Crippen LogP contribution in [-0.4, -0.2) is 6.04 Å². The second-order valence-electron chi connectivity index (χ2n) is 4.99. The van der Waals surface area contributed by atoms with Crippen LogP contribution in [0.25, 0.3) is 0 Å². The molecule has 90 valence electrons. The van der Waals surface area contributed by atoms with Crippen LogP contribution >= 0.6 is 0 Å². The lowest BCUT2D eigenvalue weighted by molar-refractivity contribution is 0.328. The lowest BCUT2D eigenvalue weighted by Crippen LogP contribution is -2.27. The molecule has 0 amide bonds. The number of nitrogens with one attached hydrogen (secondary N) is 1. The molecule has 1 aliphatic rings. The van der Waals surface area contributed by atoms with Gasteiger partial charge in [0.1, 0.15) is 6.07 Å². The molecule has 2 nitrogen and oxygen atoms in total. The summed E-state index contributed by atoms with van der Waals surface area (Å²) in [5, 5.41) is 12.6. The second kappa shape index (κ2) is 5.72. The Morgan fingerprint density at radius 2 is 1.94 bits per heavy atom. The van der Waals surface area contributed by atoms with Gasteiger partial charge in [-0.15, -0.1) is 0 Å². The number of para-hydroxylation sites is 1. The molecule has 2 heteroatoms. The highest BCUT2D eigenvalue weighted by molar-refractivity contribution is 5.57. The maximum atomic E-state index is 9.05. The molecule has 17 heavy (non-hydrogen) atoms. The minimum Gasteiger partial charge on any atom is -0.381 e. The summed E-state index contributed by atoms with van der Waals surface area (Å²) in [6.07, 6.45) is 6.75. The van der Waals surface area contributed by atoms with Crippen molar-refractivity contribution in [3.8, 4) is 6.07 Å². The third-order valence-corrected chi connectivity index (χ3v) is 3.79. The van der Waals surface area contributed by atoms with Crippen LogP contribution in [0.4, 0.5) is 5.69 Å². The van der Waals surface area contributed by atoms with E-state index in [1.807, 2.05) is 24.3 Å². The first-order valence-electron chi connectivity index (χ1n) is 6.57. The molecule has 0 spiro atoms. The molecule has 1 saturated carbocycles. The van der Waals surface area contributed by atoms with Gasteiger partial charge in [0.25, 0.3) is 0 Å². The fourth-order valence-electron chi connectivity index (χ4n) is 2.70. The van der Waals surface area contributed by atoms with Gasteiger partial charge in [-0.3, -0.25) is 0 Å². The zero-order valence-corrected chi connectivity index (χ0v) is 10.4. The minimum atomic E-state index is 0.463. The highest BCUT2D eigenvalue weighted by Crippen LogP contribution is 2.28. The maximum absolute atomic E-state index is 9.05. The van der Waals surface area contributed by atoms with Crippen molar-refractivity contribution in [2.24, 2.45) is 5.92 Å². The maximum Gasteiger partial charge on any atom is 0.101 e. The second-order valence-corrected chi connectivity index (χ2v) is 4.99. The molecule has 0 radical (unpaired) electrons. The molecular weight excluding hydrogens is 208 g/mol. The summed E-state index contributed by atoms with van der Waals surface area (Å²) in [6.45, 7) is 2.24. The van der Waals surface area contributed by atoms with E-state index in [1.54, 1.807) is 0 Å². The molecule has 0 aliphatic heterocycles. The molecule has 0 bridgehead atoms. The van der Waals surface area contributed by atoms with E-state index in [-0.39, 0.29) is 0 Å². The van der Waals surface area contributed by atoms with Gasteiger partial charge in [0.05, 0.1) is 11.3 Å². The SMILES string of the molecule is CC(Nc1ccccc1C#N)C1CCCCC1. The van der Waals surface area contributed by atoms with Crippen molar-refractivity contribution in [1.82, 2.24) is 0 Å². The van der Waals surface area contributed by atoms with Gasteiger partial charge in [0, 0.05) is 6.04 Å². The van der Waals surface area contributed by atoms with Gasteiger partial charge in [0.15, 0.2) is 0 Å². The van der Waals surface area contributed by atoms with E-state index in [1.165, 1.54) is 32.1 Å².